The summed E-state index contributed by atoms with van der Waals surface area (Å²) in [6.07, 6.45) is 11.4. The van der Waals surface area contributed by atoms with Gasteiger partial charge in [-0.15, -0.1) is 0 Å². The number of hydrogen-bond donors (Lipinski definition) is 2. The highest BCUT2D eigenvalue weighted by Gasteiger charge is 2.24. The number of rotatable bonds is 8. The van der Waals surface area contributed by atoms with Gasteiger partial charge in [0.05, 0.1) is 0 Å². The molecule has 110 valence electrons. The minimum absolute atomic E-state index is 0.834. The Bertz CT molecular complexity index is 259. The maximum absolute atomic E-state index is 3.74. The summed E-state index contributed by atoms with van der Waals surface area (Å²) in [5, 5.41) is 7.38. The fourth-order valence-corrected chi connectivity index (χ4v) is 3.69. The summed E-state index contributed by atoms with van der Waals surface area (Å²) in [4.78, 5) is 2.67. The molecule has 3 nitrogen and oxygen atoms in total. The van der Waals surface area contributed by atoms with Crippen molar-refractivity contribution in [1.82, 2.24) is 15.5 Å². The molecule has 0 aromatic rings. The van der Waals surface area contributed by atoms with Crippen LogP contribution in [0.15, 0.2) is 0 Å². The average molecular weight is 265 g/mol. The Morgan fingerprint density at radius 1 is 0.842 bits per heavy atom. The van der Waals surface area contributed by atoms with E-state index in [9.17, 15) is 0 Å². The Hall–Kier alpha value is -0.120. The van der Waals surface area contributed by atoms with Crippen LogP contribution in [0, 0.1) is 5.92 Å². The van der Waals surface area contributed by atoms with Gasteiger partial charge in [-0.2, -0.15) is 0 Å². The Labute approximate surface area is 118 Å². The van der Waals surface area contributed by atoms with E-state index in [0.717, 1.165) is 18.0 Å². The standard InChI is InChI=1S/C16H31N3/c1-2-4-15(3-1)18-10-12-19-11-8-14(13-19)7-9-17-16-5-6-16/h14-18H,1-13H2. The molecule has 0 spiro atoms. The molecular formula is C16H31N3. The van der Waals surface area contributed by atoms with Crippen molar-refractivity contribution in [3.8, 4) is 0 Å². The minimum atomic E-state index is 0.834. The van der Waals surface area contributed by atoms with Crippen LogP contribution in [0.4, 0.5) is 0 Å². The zero-order chi connectivity index (χ0) is 12.9. The van der Waals surface area contributed by atoms with Crippen molar-refractivity contribution >= 4 is 0 Å². The highest BCUT2D eigenvalue weighted by molar-refractivity contribution is 4.83. The van der Waals surface area contributed by atoms with Crippen LogP contribution in [0.3, 0.4) is 0 Å². The van der Waals surface area contributed by atoms with E-state index in [-0.39, 0.29) is 0 Å². The molecule has 1 aliphatic heterocycles. The van der Waals surface area contributed by atoms with Gasteiger partial charge in [0.1, 0.15) is 0 Å². The van der Waals surface area contributed by atoms with Crippen molar-refractivity contribution in [2.75, 3.05) is 32.7 Å². The molecular weight excluding hydrogens is 234 g/mol. The van der Waals surface area contributed by atoms with Crippen LogP contribution in [0.25, 0.3) is 0 Å². The van der Waals surface area contributed by atoms with Crippen LogP contribution in [-0.4, -0.2) is 49.7 Å². The molecule has 0 aromatic heterocycles. The summed E-state index contributed by atoms with van der Waals surface area (Å²) in [7, 11) is 0. The molecule has 3 fully saturated rings. The van der Waals surface area contributed by atoms with E-state index in [1.807, 2.05) is 0 Å². The zero-order valence-corrected chi connectivity index (χ0v) is 12.4. The predicted molar refractivity (Wildman–Crippen MR) is 80.4 cm³/mol. The molecule has 2 saturated carbocycles. The van der Waals surface area contributed by atoms with Crippen molar-refractivity contribution in [1.29, 1.82) is 0 Å². The van der Waals surface area contributed by atoms with Gasteiger partial charge >= 0.3 is 0 Å². The van der Waals surface area contributed by atoms with Gasteiger partial charge in [-0.25, -0.2) is 0 Å². The maximum Gasteiger partial charge on any atom is 0.0107 e. The van der Waals surface area contributed by atoms with Crippen molar-refractivity contribution in [2.45, 2.75) is 63.5 Å². The molecule has 0 amide bonds. The van der Waals surface area contributed by atoms with Gasteiger partial charge < -0.3 is 15.5 Å². The summed E-state index contributed by atoms with van der Waals surface area (Å²) in [5.74, 6) is 0.956. The van der Waals surface area contributed by atoms with Gasteiger partial charge in [-0.3, -0.25) is 0 Å². The molecule has 3 aliphatic rings. The third-order valence-corrected chi connectivity index (χ3v) is 5.15. The highest BCUT2D eigenvalue weighted by Crippen LogP contribution is 2.22. The SMILES string of the molecule is C1CCC(NCCN2CCC(CCNC3CC3)C2)C1. The topological polar surface area (TPSA) is 27.3 Å². The molecule has 1 atom stereocenters. The summed E-state index contributed by atoms with van der Waals surface area (Å²) in [6, 6.07) is 1.72. The second-order valence-electron chi connectivity index (χ2n) is 6.91. The van der Waals surface area contributed by atoms with Gasteiger partial charge in [0.2, 0.25) is 0 Å². The second-order valence-corrected chi connectivity index (χ2v) is 6.91. The predicted octanol–water partition coefficient (Wildman–Crippen LogP) is 1.98. The lowest BCUT2D eigenvalue weighted by atomic mass is 10.1. The maximum atomic E-state index is 3.74. The monoisotopic (exact) mass is 265 g/mol. The van der Waals surface area contributed by atoms with Crippen molar-refractivity contribution < 1.29 is 0 Å². The summed E-state index contributed by atoms with van der Waals surface area (Å²) in [6.45, 7) is 6.41. The van der Waals surface area contributed by atoms with Crippen molar-refractivity contribution in [2.24, 2.45) is 5.92 Å². The van der Waals surface area contributed by atoms with Crippen LogP contribution >= 0.6 is 0 Å². The van der Waals surface area contributed by atoms with Gasteiger partial charge in [0, 0.05) is 31.7 Å². The van der Waals surface area contributed by atoms with E-state index in [1.54, 1.807) is 0 Å². The van der Waals surface area contributed by atoms with Crippen LogP contribution in [0.5, 0.6) is 0 Å². The third kappa shape index (κ3) is 4.73. The minimum Gasteiger partial charge on any atom is -0.314 e. The van der Waals surface area contributed by atoms with Gasteiger partial charge in [0.25, 0.3) is 0 Å². The first-order valence-corrected chi connectivity index (χ1v) is 8.59. The van der Waals surface area contributed by atoms with Crippen LogP contribution in [0.1, 0.15) is 51.4 Å². The fraction of sp³-hybridized carbons (Fsp3) is 1.00. The Balaban J connectivity index is 1.22. The van der Waals surface area contributed by atoms with E-state index in [2.05, 4.69) is 15.5 Å². The van der Waals surface area contributed by atoms with E-state index < -0.39 is 0 Å². The first-order chi connectivity index (χ1) is 9.40. The molecule has 0 bridgehead atoms. The molecule has 0 aromatic carbocycles. The van der Waals surface area contributed by atoms with Gasteiger partial charge in [0.15, 0.2) is 0 Å². The number of nitrogens with one attached hydrogen (secondary N) is 2. The zero-order valence-electron chi connectivity index (χ0n) is 12.4. The highest BCUT2D eigenvalue weighted by atomic mass is 15.2. The Kier molecular flexibility index (Phi) is 5.14. The number of hydrogen-bond acceptors (Lipinski definition) is 3. The lowest BCUT2D eigenvalue weighted by Crippen LogP contribution is -2.35. The molecule has 3 rings (SSSR count). The first-order valence-electron chi connectivity index (χ1n) is 8.59. The quantitative estimate of drug-likeness (QED) is 0.703. The molecule has 1 saturated heterocycles. The van der Waals surface area contributed by atoms with E-state index in [4.69, 9.17) is 0 Å². The lowest BCUT2D eigenvalue weighted by Gasteiger charge is -2.18. The molecule has 2 aliphatic carbocycles. The lowest BCUT2D eigenvalue weighted by molar-refractivity contribution is 0.311. The Morgan fingerprint density at radius 2 is 1.58 bits per heavy atom. The molecule has 1 heterocycles. The number of nitrogens with zero attached hydrogens (tertiary/aromatic N) is 1. The normalized spacial score (nSPS) is 29.4. The Morgan fingerprint density at radius 3 is 2.37 bits per heavy atom. The summed E-state index contributed by atoms with van der Waals surface area (Å²) >= 11 is 0. The largest absolute Gasteiger partial charge is 0.314 e. The molecule has 3 heteroatoms. The molecule has 19 heavy (non-hydrogen) atoms. The molecule has 2 N–H and O–H groups in total. The van der Waals surface area contributed by atoms with Crippen LogP contribution < -0.4 is 10.6 Å². The van der Waals surface area contributed by atoms with E-state index >= 15 is 0 Å². The van der Waals surface area contributed by atoms with Crippen molar-refractivity contribution in [3.05, 3.63) is 0 Å². The summed E-state index contributed by atoms with van der Waals surface area (Å²) in [5.41, 5.74) is 0. The first kappa shape index (κ1) is 13.8. The fourth-order valence-electron chi connectivity index (χ4n) is 3.69. The smallest absolute Gasteiger partial charge is 0.0107 e. The third-order valence-electron chi connectivity index (χ3n) is 5.15. The van der Waals surface area contributed by atoms with E-state index in [0.29, 0.717) is 0 Å². The van der Waals surface area contributed by atoms with Crippen LogP contribution in [-0.2, 0) is 0 Å². The van der Waals surface area contributed by atoms with Crippen LogP contribution in [0.2, 0.25) is 0 Å². The number of likely N-dealkylation sites (tertiary alicyclic amines) is 1. The van der Waals surface area contributed by atoms with Gasteiger partial charge in [-0.1, -0.05) is 12.8 Å². The van der Waals surface area contributed by atoms with Crippen molar-refractivity contribution in [3.63, 3.8) is 0 Å². The second kappa shape index (κ2) is 7.05. The van der Waals surface area contributed by atoms with Gasteiger partial charge in [-0.05, 0) is 57.5 Å². The molecule has 1 unspecified atom stereocenters. The summed E-state index contributed by atoms with van der Waals surface area (Å²) < 4.78 is 0. The molecule has 0 radical (unpaired) electrons. The van der Waals surface area contributed by atoms with E-state index in [1.165, 1.54) is 84.1 Å². The average Bonchev–Trinajstić information content (AvgIpc) is 2.91.